The van der Waals surface area contributed by atoms with Crippen LogP contribution in [0.1, 0.15) is 23.6 Å². The predicted octanol–water partition coefficient (Wildman–Crippen LogP) is 8.00. The van der Waals surface area contributed by atoms with Gasteiger partial charge in [-0.15, -0.1) is 0 Å². The molecule has 0 atom stereocenters. The van der Waals surface area contributed by atoms with Crippen molar-refractivity contribution in [1.29, 1.82) is 0 Å². The van der Waals surface area contributed by atoms with Crippen molar-refractivity contribution >= 4 is 34.6 Å². The first-order valence-electron chi connectivity index (χ1n) is 12.7. The lowest BCUT2D eigenvalue weighted by Crippen LogP contribution is -2.06. The molecular formula is C33H25ClO6. The zero-order valence-corrected chi connectivity index (χ0v) is 22.4. The summed E-state index contributed by atoms with van der Waals surface area (Å²) in [5, 5.41) is 0.996. The predicted molar refractivity (Wildman–Crippen MR) is 155 cm³/mol. The van der Waals surface area contributed by atoms with E-state index in [1.807, 2.05) is 72.8 Å². The van der Waals surface area contributed by atoms with Gasteiger partial charge in [-0.05, 0) is 77.7 Å². The minimum atomic E-state index is -0.569. The summed E-state index contributed by atoms with van der Waals surface area (Å²) in [5.41, 5.74) is 2.94. The van der Waals surface area contributed by atoms with Crippen molar-refractivity contribution in [3.8, 4) is 23.0 Å². The number of carbonyl (C=O) groups excluding carboxylic acids is 1. The number of benzene rings is 4. The Morgan fingerprint density at radius 1 is 0.850 bits per heavy atom. The first kappa shape index (κ1) is 26.8. The summed E-state index contributed by atoms with van der Waals surface area (Å²) in [6.07, 6.45) is 5.14. The molecule has 5 rings (SSSR count). The molecule has 0 amide bonds. The van der Waals surface area contributed by atoms with E-state index in [-0.39, 0.29) is 22.5 Å². The van der Waals surface area contributed by atoms with Crippen LogP contribution in [0.3, 0.4) is 0 Å². The monoisotopic (exact) mass is 552 g/mol. The second-order valence-corrected chi connectivity index (χ2v) is 9.36. The molecule has 6 nitrogen and oxygen atoms in total. The van der Waals surface area contributed by atoms with E-state index in [0.717, 1.165) is 17.5 Å². The second-order valence-electron chi connectivity index (χ2n) is 8.93. The number of ether oxygens (including phenoxy) is 3. The van der Waals surface area contributed by atoms with E-state index in [1.54, 1.807) is 12.1 Å². The van der Waals surface area contributed by atoms with Gasteiger partial charge in [0.05, 0.1) is 5.39 Å². The molecule has 0 aliphatic carbocycles. The smallest absolute Gasteiger partial charge is 0.336 e. The van der Waals surface area contributed by atoms with Gasteiger partial charge in [0.1, 0.15) is 35.7 Å². The second kappa shape index (κ2) is 12.4. The Bertz CT molecular complexity index is 1700. The zero-order chi connectivity index (χ0) is 27.9. The average molecular weight is 553 g/mol. The van der Waals surface area contributed by atoms with Crippen LogP contribution < -0.4 is 19.6 Å². The molecule has 0 N–H and O–H groups in total. The fourth-order valence-corrected chi connectivity index (χ4v) is 4.01. The quantitative estimate of drug-likeness (QED) is 0.105. The van der Waals surface area contributed by atoms with Crippen molar-refractivity contribution in [2.45, 2.75) is 20.0 Å². The van der Waals surface area contributed by atoms with Crippen molar-refractivity contribution in [3.63, 3.8) is 0 Å². The van der Waals surface area contributed by atoms with Crippen LogP contribution in [0, 0.1) is 0 Å². The molecule has 200 valence electrons. The molecule has 0 bridgehead atoms. The van der Waals surface area contributed by atoms with Crippen molar-refractivity contribution in [2.75, 3.05) is 0 Å². The third-order valence-corrected chi connectivity index (χ3v) is 6.35. The molecule has 4 aromatic carbocycles. The lowest BCUT2D eigenvalue weighted by Gasteiger charge is -2.07. The fourth-order valence-electron chi connectivity index (χ4n) is 3.88. The number of fused-ring (bicyclic) bond motifs is 1. The average Bonchev–Trinajstić information content (AvgIpc) is 2.98. The summed E-state index contributed by atoms with van der Waals surface area (Å²) >= 11 is 5.91. The highest BCUT2D eigenvalue weighted by Crippen LogP contribution is 2.25. The first-order valence-corrected chi connectivity index (χ1v) is 13.0. The third-order valence-electron chi connectivity index (χ3n) is 6.10. The first-order chi connectivity index (χ1) is 19.5. The highest BCUT2D eigenvalue weighted by Gasteiger charge is 2.11. The van der Waals surface area contributed by atoms with E-state index < -0.39 is 5.97 Å². The number of carbonyl (C=O) groups is 1. The van der Waals surface area contributed by atoms with Crippen molar-refractivity contribution in [1.82, 2.24) is 0 Å². The van der Waals surface area contributed by atoms with Crippen LogP contribution in [0.4, 0.5) is 0 Å². The Morgan fingerprint density at radius 2 is 1.52 bits per heavy atom. The molecule has 40 heavy (non-hydrogen) atoms. The minimum Gasteiger partial charge on any atom is -0.489 e. The highest BCUT2D eigenvalue weighted by molar-refractivity contribution is 6.30. The summed E-state index contributed by atoms with van der Waals surface area (Å²) in [5.74, 6) is 1.00. The van der Waals surface area contributed by atoms with Gasteiger partial charge in [0, 0.05) is 17.2 Å². The third kappa shape index (κ3) is 6.79. The van der Waals surface area contributed by atoms with Crippen LogP contribution in [0.2, 0.25) is 5.02 Å². The molecule has 0 saturated carbocycles. The molecular weight excluding hydrogens is 528 g/mol. The number of hydrogen-bond acceptors (Lipinski definition) is 6. The summed E-state index contributed by atoms with van der Waals surface area (Å²) in [4.78, 5) is 25.3. The number of rotatable bonds is 9. The highest BCUT2D eigenvalue weighted by atomic mass is 35.5. The van der Waals surface area contributed by atoms with Gasteiger partial charge in [0.15, 0.2) is 0 Å². The lowest BCUT2D eigenvalue weighted by molar-refractivity contribution is -0.128. The van der Waals surface area contributed by atoms with E-state index in [9.17, 15) is 9.59 Å². The topological polar surface area (TPSA) is 75.0 Å². The van der Waals surface area contributed by atoms with Crippen molar-refractivity contribution in [2.24, 2.45) is 0 Å². The van der Waals surface area contributed by atoms with E-state index in [0.29, 0.717) is 28.5 Å². The van der Waals surface area contributed by atoms with Gasteiger partial charge in [0.2, 0.25) is 11.2 Å². The van der Waals surface area contributed by atoms with E-state index in [4.69, 9.17) is 30.2 Å². The van der Waals surface area contributed by atoms with Crippen LogP contribution in [-0.4, -0.2) is 5.97 Å². The summed E-state index contributed by atoms with van der Waals surface area (Å²) in [6.45, 7) is 2.49. The zero-order valence-electron chi connectivity index (χ0n) is 21.6. The van der Waals surface area contributed by atoms with Crippen LogP contribution in [0.15, 0.2) is 113 Å². The largest absolute Gasteiger partial charge is 0.489 e. The molecule has 0 fully saturated rings. The Kier molecular flexibility index (Phi) is 8.28. The molecule has 0 aliphatic heterocycles. The molecule has 5 aromatic rings. The van der Waals surface area contributed by atoms with E-state index in [2.05, 4.69) is 6.92 Å². The Labute approximate surface area is 236 Å². The lowest BCUT2D eigenvalue weighted by atomic mass is 10.2. The molecule has 7 heteroatoms. The Morgan fingerprint density at radius 3 is 2.25 bits per heavy atom. The molecule has 0 saturated heterocycles. The van der Waals surface area contributed by atoms with Gasteiger partial charge in [-0.1, -0.05) is 54.9 Å². The number of halogens is 1. The van der Waals surface area contributed by atoms with Crippen LogP contribution in [0.5, 0.6) is 23.0 Å². The van der Waals surface area contributed by atoms with Gasteiger partial charge in [-0.3, -0.25) is 4.79 Å². The van der Waals surface area contributed by atoms with E-state index >= 15 is 0 Å². The Hall–Kier alpha value is -4.81. The molecule has 0 unspecified atom stereocenters. The molecule has 0 spiro atoms. The van der Waals surface area contributed by atoms with E-state index in [1.165, 1.54) is 30.0 Å². The maximum atomic E-state index is 12.9. The summed E-state index contributed by atoms with van der Waals surface area (Å²) < 4.78 is 22.5. The maximum Gasteiger partial charge on any atom is 0.336 e. The molecule has 0 radical (unpaired) electrons. The van der Waals surface area contributed by atoms with Crippen LogP contribution in [0.25, 0.3) is 17.0 Å². The Balaban J connectivity index is 1.18. The summed E-state index contributed by atoms with van der Waals surface area (Å²) in [6, 6.07) is 26.9. The van der Waals surface area contributed by atoms with Gasteiger partial charge >= 0.3 is 5.97 Å². The number of aryl methyl sites for hydroxylation is 1. The van der Waals surface area contributed by atoms with Gasteiger partial charge in [-0.25, -0.2) is 4.79 Å². The molecule has 0 aliphatic rings. The van der Waals surface area contributed by atoms with Crippen molar-refractivity contribution in [3.05, 3.63) is 135 Å². The summed E-state index contributed by atoms with van der Waals surface area (Å²) in [7, 11) is 0. The van der Waals surface area contributed by atoms with Crippen LogP contribution >= 0.6 is 11.6 Å². The standard InChI is InChI=1S/C33H25ClO6/c1-2-22-5-14-27(15-6-22)39-31-21-38-30-19-28(16-17-29(30)33(31)36)40-32(35)18-9-23-7-12-26(13-8-23)37-20-24-3-10-25(34)11-4-24/h3-19,21H,2,20H2,1H3/b18-9+. The number of hydrogen-bond donors (Lipinski definition) is 0. The van der Waals surface area contributed by atoms with Crippen molar-refractivity contribution < 1.29 is 23.4 Å². The normalized spacial score (nSPS) is 11.1. The van der Waals surface area contributed by atoms with Gasteiger partial charge in [0.25, 0.3) is 0 Å². The fraction of sp³-hybridized carbons (Fsp3) is 0.0909. The van der Waals surface area contributed by atoms with Crippen LogP contribution in [-0.2, 0) is 17.8 Å². The molecule has 1 heterocycles. The number of esters is 1. The minimum absolute atomic E-state index is 0.0748. The molecule has 1 aromatic heterocycles. The van der Waals surface area contributed by atoms with Gasteiger partial charge in [-0.2, -0.15) is 0 Å². The maximum absolute atomic E-state index is 12.9. The van der Waals surface area contributed by atoms with Gasteiger partial charge < -0.3 is 18.6 Å². The SMILES string of the molecule is CCc1ccc(Oc2coc3cc(OC(=O)/C=C/c4ccc(OCc5ccc(Cl)cc5)cc4)ccc3c2=O)cc1.